The van der Waals surface area contributed by atoms with E-state index in [9.17, 15) is 0 Å². The molecule has 0 aliphatic heterocycles. The average Bonchev–Trinajstić information content (AvgIpc) is 2.16. The van der Waals surface area contributed by atoms with E-state index < -0.39 is 0 Å². The molecule has 0 aliphatic rings. The Hall–Kier alpha value is -0.270. The third-order valence-electron chi connectivity index (χ3n) is 1.20. The summed E-state index contributed by atoms with van der Waals surface area (Å²) in [7, 11) is 1.32. The molecule has 0 unspecified atom stereocenters. The Kier molecular flexibility index (Phi) is 5.18. The van der Waals surface area contributed by atoms with Gasteiger partial charge in [-0.1, -0.05) is 30.4 Å². The average molecular weight is 244 g/mol. The van der Waals surface area contributed by atoms with Crippen LogP contribution in [0, 0.1) is 0 Å². The fourth-order valence-corrected chi connectivity index (χ4v) is 2.15. The van der Waals surface area contributed by atoms with Gasteiger partial charge in [0.1, 0.15) is 7.51 Å². The monoisotopic (exact) mass is 244 g/mol. The Labute approximate surface area is 90.5 Å². The molecule has 2 nitrogen and oxygen atoms in total. The highest BCUT2D eigenvalue weighted by Gasteiger charge is 1.92. The smallest absolute Gasteiger partial charge is 0.150 e. The molecule has 0 heterocycles. The van der Waals surface area contributed by atoms with E-state index in [1.54, 1.807) is 0 Å². The van der Waals surface area contributed by atoms with E-state index in [4.69, 9.17) is 12.2 Å². The topological polar surface area (TPSA) is 24.4 Å². The van der Waals surface area contributed by atoms with Crippen LogP contribution in [0.15, 0.2) is 34.8 Å². The van der Waals surface area contributed by atoms with Crippen molar-refractivity contribution in [3.05, 3.63) is 30.3 Å². The van der Waals surface area contributed by atoms with Crippen LogP contribution in [-0.4, -0.2) is 4.73 Å². The van der Waals surface area contributed by atoms with Crippen molar-refractivity contribution in [1.29, 1.82) is 0 Å². The van der Waals surface area contributed by atoms with Gasteiger partial charge in [-0.25, -0.2) is 0 Å². The Morgan fingerprint density at radius 1 is 1.31 bits per heavy atom. The third-order valence-corrected chi connectivity index (χ3v) is 3.14. The number of benzene rings is 1. The Balaban J connectivity index is 2.55. The highest BCUT2D eigenvalue weighted by Crippen LogP contribution is 2.14. The normalized spacial score (nSPS) is 10.5. The SMILES string of the molecule is S=PN=PC(=S)Nc1ccccc1. The van der Waals surface area contributed by atoms with E-state index >= 15 is 0 Å². The lowest BCUT2D eigenvalue weighted by molar-refractivity contribution is 1.66. The highest BCUT2D eigenvalue weighted by molar-refractivity contribution is 7.98. The minimum Gasteiger partial charge on any atom is -0.341 e. The van der Waals surface area contributed by atoms with Gasteiger partial charge < -0.3 is 5.32 Å². The molecule has 1 aromatic rings. The molecule has 0 radical (unpaired) electrons. The van der Waals surface area contributed by atoms with Crippen LogP contribution in [0.1, 0.15) is 0 Å². The van der Waals surface area contributed by atoms with Gasteiger partial charge in [0, 0.05) is 5.69 Å². The number of nitrogens with zero attached hydrogens (tertiary/aromatic N) is 1. The fourth-order valence-electron chi connectivity index (χ4n) is 0.729. The molecule has 0 saturated carbocycles. The Bertz CT molecular complexity index is 327. The zero-order chi connectivity index (χ0) is 9.52. The van der Waals surface area contributed by atoms with E-state index in [1.165, 1.54) is 0 Å². The van der Waals surface area contributed by atoms with E-state index in [0.29, 0.717) is 12.2 Å². The molecule has 1 rings (SSSR count). The highest BCUT2D eigenvalue weighted by atomic mass is 32.4. The second-order valence-electron chi connectivity index (χ2n) is 2.07. The molecule has 0 saturated heterocycles. The molecule has 6 heteroatoms. The lowest BCUT2D eigenvalue weighted by atomic mass is 10.3. The van der Waals surface area contributed by atoms with Gasteiger partial charge in [0.25, 0.3) is 0 Å². The summed E-state index contributed by atoms with van der Waals surface area (Å²) in [6, 6.07) is 9.76. The molecule has 1 N–H and O–H groups in total. The van der Waals surface area contributed by atoms with Gasteiger partial charge in [0.05, 0.1) is 8.37 Å². The van der Waals surface area contributed by atoms with Crippen molar-refractivity contribution in [3.8, 4) is 0 Å². The van der Waals surface area contributed by atoms with Crippen LogP contribution < -0.4 is 5.32 Å². The van der Waals surface area contributed by atoms with Crippen LogP contribution in [0.4, 0.5) is 5.69 Å². The fraction of sp³-hybridized carbons (Fsp3) is 0. The van der Waals surface area contributed by atoms with Crippen LogP contribution in [0.2, 0.25) is 0 Å². The Morgan fingerprint density at radius 3 is 2.62 bits per heavy atom. The van der Waals surface area contributed by atoms with Crippen molar-refractivity contribution in [2.24, 2.45) is 4.52 Å². The predicted octanol–water partition coefficient (Wildman–Crippen LogP) is 3.84. The van der Waals surface area contributed by atoms with E-state index in [0.717, 1.165) is 14.1 Å². The van der Waals surface area contributed by atoms with Crippen LogP contribution >= 0.6 is 28.1 Å². The first-order valence-corrected chi connectivity index (χ1v) is 6.54. The standard InChI is InChI=1S/C7H6N2P2S2/c12-7(10-9-11-13)8-6-4-2-1-3-5-6/h1-5H,(H,8,12). The van der Waals surface area contributed by atoms with E-state index in [2.05, 4.69) is 21.6 Å². The largest absolute Gasteiger partial charge is 0.341 e. The molecule has 0 aromatic heterocycles. The number of thiocarbonyl (C=S) groups is 1. The summed E-state index contributed by atoms with van der Waals surface area (Å²) in [6.45, 7) is 0. The van der Waals surface area contributed by atoms with Crippen molar-refractivity contribution in [2.45, 2.75) is 0 Å². The number of hydrogen-bond acceptors (Lipinski definition) is 2. The Morgan fingerprint density at radius 2 is 2.00 bits per heavy atom. The lowest BCUT2D eigenvalue weighted by Gasteiger charge is -2.00. The van der Waals surface area contributed by atoms with Gasteiger partial charge in [0.15, 0.2) is 4.73 Å². The number of rotatable bonds is 3. The van der Waals surface area contributed by atoms with Crippen LogP contribution in [0.3, 0.4) is 0 Å². The van der Waals surface area contributed by atoms with Gasteiger partial charge in [0.2, 0.25) is 0 Å². The number of para-hydroxylation sites is 1. The molecule has 1 aromatic carbocycles. The third kappa shape index (κ3) is 4.49. The minimum absolute atomic E-state index is 0.594. The van der Waals surface area contributed by atoms with Crippen LogP contribution in [0.25, 0.3) is 0 Å². The summed E-state index contributed by atoms with van der Waals surface area (Å²) in [5.41, 5.74) is 0.983. The second-order valence-corrected chi connectivity index (χ2v) is 4.79. The molecule has 0 fully saturated rings. The summed E-state index contributed by atoms with van der Waals surface area (Å²) in [6.07, 6.45) is 0. The second kappa shape index (κ2) is 6.22. The maximum atomic E-state index is 5.03. The molecular weight excluding hydrogens is 238 g/mol. The zero-order valence-corrected chi connectivity index (χ0v) is 9.97. The van der Waals surface area contributed by atoms with Gasteiger partial charge >= 0.3 is 0 Å². The molecule has 0 bridgehead atoms. The lowest BCUT2D eigenvalue weighted by Crippen LogP contribution is -1.99. The summed E-state index contributed by atoms with van der Waals surface area (Å²) >= 11 is 9.68. The first-order chi connectivity index (χ1) is 6.33. The van der Waals surface area contributed by atoms with Crippen molar-refractivity contribution < 1.29 is 0 Å². The number of hydrogen-bond donors (Lipinski definition) is 1. The van der Waals surface area contributed by atoms with Gasteiger partial charge in [-0.05, 0) is 23.9 Å². The van der Waals surface area contributed by atoms with Crippen LogP contribution in [0.5, 0.6) is 0 Å². The number of nitrogens with one attached hydrogen (secondary N) is 1. The van der Waals surface area contributed by atoms with Crippen LogP contribution in [-0.2, 0) is 11.8 Å². The van der Waals surface area contributed by atoms with E-state index in [1.807, 2.05) is 30.3 Å². The molecule has 0 atom stereocenters. The maximum absolute atomic E-state index is 5.03. The number of anilines is 1. The molecule has 0 aliphatic carbocycles. The zero-order valence-electron chi connectivity index (χ0n) is 6.54. The summed E-state index contributed by atoms with van der Waals surface area (Å²) < 4.78 is 4.59. The van der Waals surface area contributed by atoms with E-state index in [-0.39, 0.29) is 0 Å². The molecule has 66 valence electrons. The van der Waals surface area contributed by atoms with Crippen molar-refractivity contribution in [3.63, 3.8) is 0 Å². The van der Waals surface area contributed by atoms with Crippen molar-refractivity contribution in [1.82, 2.24) is 0 Å². The van der Waals surface area contributed by atoms with Crippen molar-refractivity contribution in [2.75, 3.05) is 5.32 Å². The maximum Gasteiger partial charge on any atom is 0.150 e. The van der Waals surface area contributed by atoms with Gasteiger partial charge in [-0.2, -0.15) is 4.52 Å². The molecular formula is C7H6N2P2S2. The quantitative estimate of drug-likeness (QED) is 0.645. The minimum atomic E-state index is 0.594. The van der Waals surface area contributed by atoms with Gasteiger partial charge in [-0.15, -0.1) is 0 Å². The van der Waals surface area contributed by atoms with Gasteiger partial charge in [-0.3, -0.25) is 0 Å². The summed E-state index contributed by atoms with van der Waals surface area (Å²) in [5.74, 6) is 0. The summed E-state index contributed by atoms with van der Waals surface area (Å²) in [4.78, 5) is 0. The first kappa shape index (κ1) is 10.8. The van der Waals surface area contributed by atoms with Crippen molar-refractivity contribution >= 4 is 50.3 Å². The molecule has 0 amide bonds. The molecule has 0 spiro atoms. The molecule has 13 heavy (non-hydrogen) atoms. The predicted molar refractivity (Wildman–Crippen MR) is 66.3 cm³/mol. The summed E-state index contributed by atoms with van der Waals surface area (Å²) in [5, 5.41) is 3.05. The first-order valence-electron chi connectivity index (χ1n) is 3.42.